The normalized spacial score (nSPS) is 10.3. The van der Waals surface area contributed by atoms with Crippen LogP contribution in [0, 0.1) is 5.82 Å². The minimum atomic E-state index is -0.503. The quantitative estimate of drug-likeness (QED) is 0.585. The molecule has 0 aliphatic rings. The van der Waals surface area contributed by atoms with E-state index in [2.05, 4.69) is 16.0 Å². The average Bonchev–Trinajstić information content (AvgIpc) is 2.65. The number of anilines is 2. The molecular formula is C19H22FN3O4. The maximum Gasteiger partial charge on any atom is 0.255 e. The first-order valence-corrected chi connectivity index (χ1v) is 8.28. The topological polar surface area (TPSA) is 88.7 Å². The summed E-state index contributed by atoms with van der Waals surface area (Å²) < 4.78 is 23.4. The molecule has 8 heteroatoms. The smallest absolute Gasteiger partial charge is 0.255 e. The Kier molecular flexibility index (Phi) is 7.72. The Morgan fingerprint density at radius 3 is 2.59 bits per heavy atom. The molecule has 2 aromatic rings. The molecule has 0 bridgehead atoms. The molecule has 0 heterocycles. The second-order valence-corrected chi connectivity index (χ2v) is 5.60. The lowest BCUT2D eigenvalue weighted by atomic mass is 10.2. The number of hydrogen-bond donors (Lipinski definition) is 3. The number of carbonyl (C=O) groups excluding carboxylic acids is 2. The molecule has 0 saturated heterocycles. The van der Waals surface area contributed by atoms with Gasteiger partial charge in [-0.15, -0.1) is 0 Å². The molecule has 0 radical (unpaired) electrons. The fraction of sp³-hybridized carbons (Fsp3) is 0.263. The van der Waals surface area contributed by atoms with Crippen LogP contribution in [-0.4, -0.2) is 45.7 Å². The predicted molar refractivity (Wildman–Crippen MR) is 101 cm³/mol. The molecule has 2 aromatic carbocycles. The van der Waals surface area contributed by atoms with Crippen LogP contribution in [0.3, 0.4) is 0 Å². The molecule has 7 nitrogen and oxygen atoms in total. The van der Waals surface area contributed by atoms with Crippen LogP contribution >= 0.6 is 0 Å². The summed E-state index contributed by atoms with van der Waals surface area (Å²) in [5, 5.41) is 8.32. The van der Waals surface area contributed by atoms with Crippen LogP contribution in [0.4, 0.5) is 15.8 Å². The number of halogens is 1. The highest BCUT2D eigenvalue weighted by Crippen LogP contribution is 2.28. The number of ether oxygens (including phenoxy) is 2. The highest BCUT2D eigenvalue weighted by atomic mass is 19.1. The van der Waals surface area contributed by atoms with Crippen molar-refractivity contribution in [3.05, 3.63) is 53.8 Å². The van der Waals surface area contributed by atoms with Crippen LogP contribution < -0.4 is 20.7 Å². The van der Waals surface area contributed by atoms with Crippen molar-refractivity contribution in [2.75, 3.05) is 44.5 Å². The van der Waals surface area contributed by atoms with Gasteiger partial charge >= 0.3 is 0 Å². The van der Waals surface area contributed by atoms with Crippen molar-refractivity contribution in [3.63, 3.8) is 0 Å². The number of nitrogens with one attached hydrogen (secondary N) is 3. The van der Waals surface area contributed by atoms with Crippen LogP contribution in [0.25, 0.3) is 0 Å². The molecule has 0 unspecified atom stereocenters. The number of amides is 2. The number of benzene rings is 2. The number of rotatable bonds is 9. The molecule has 0 atom stereocenters. The van der Waals surface area contributed by atoms with E-state index in [-0.39, 0.29) is 18.0 Å². The first kappa shape index (κ1) is 20.3. The molecule has 2 rings (SSSR count). The summed E-state index contributed by atoms with van der Waals surface area (Å²) in [6.07, 6.45) is 0. The largest absolute Gasteiger partial charge is 0.495 e. The minimum Gasteiger partial charge on any atom is -0.495 e. The van der Waals surface area contributed by atoms with Gasteiger partial charge in [-0.3, -0.25) is 9.59 Å². The van der Waals surface area contributed by atoms with E-state index < -0.39 is 11.7 Å². The highest BCUT2D eigenvalue weighted by molar-refractivity contribution is 6.05. The predicted octanol–water partition coefficient (Wildman–Crippen LogP) is 2.26. The van der Waals surface area contributed by atoms with Gasteiger partial charge in [0.1, 0.15) is 11.6 Å². The van der Waals surface area contributed by atoms with E-state index in [0.717, 1.165) is 6.07 Å². The molecular weight excluding hydrogens is 353 g/mol. The number of methoxy groups -OCH3 is 2. The van der Waals surface area contributed by atoms with Crippen molar-refractivity contribution in [2.24, 2.45) is 0 Å². The molecule has 3 N–H and O–H groups in total. The Bertz CT molecular complexity index is 798. The van der Waals surface area contributed by atoms with Crippen LogP contribution in [0.1, 0.15) is 10.4 Å². The summed E-state index contributed by atoms with van der Waals surface area (Å²) in [4.78, 5) is 24.3. The third kappa shape index (κ3) is 6.36. The fourth-order valence-corrected chi connectivity index (χ4v) is 2.29. The summed E-state index contributed by atoms with van der Waals surface area (Å²) in [5.41, 5.74) is 1.02. The zero-order chi connectivity index (χ0) is 19.6. The third-order valence-electron chi connectivity index (χ3n) is 3.59. The SMILES string of the molecule is COCCNCC(=O)Nc1ccc(OC)c(NC(=O)c2cccc(F)c2)c1. The van der Waals surface area contributed by atoms with Crippen molar-refractivity contribution in [2.45, 2.75) is 0 Å². The number of hydrogen-bond acceptors (Lipinski definition) is 5. The van der Waals surface area contributed by atoms with Gasteiger partial charge in [-0.1, -0.05) is 6.07 Å². The fourth-order valence-electron chi connectivity index (χ4n) is 2.29. The lowest BCUT2D eigenvalue weighted by molar-refractivity contribution is -0.115. The molecule has 0 fully saturated rings. The second kappa shape index (κ2) is 10.2. The van der Waals surface area contributed by atoms with Gasteiger partial charge in [-0.2, -0.15) is 0 Å². The molecule has 0 saturated carbocycles. The summed E-state index contributed by atoms with van der Waals surface area (Å²) >= 11 is 0. The second-order valence-electron chi connectivity index (χ2n) is 5.60. The van der Waals surface area contributed by atoms with Gasteiger partial charge < -0.3 is 25.4 Å². The Balaban J connectivity index is 2.06. The van der Waals surface area contributed by atoms with E-state index in [1.54, 1.807) is 25.3 Å². The highest BCUT2D eigenvalue weighted by Gasteiger charge is 2.12. The standard InChI is InChI=1S/C19H22FN3O4/c1-26-9-8-21-12-18(24)22-15-6-7-17(27-2)16(11-15)23-19(25)13-4-3-5-14(20)10-13/h3-7,10-11,21H,8-9,12H2,1-2H3,(H,22,24)(H,23,25). The Morgan fingerprint density at radius 1 is 1.07 bits per heavy atom. The summed E-state index contributed by atoms with van der Waals surface area (Å²) in [7, 11) is 3.05. The first-order valence-electron chi connectivity index (χ1n) is 8.28. The number of carbonyl (C=O) groups is 2. The summed E-state index contributed by atoms with van der Waals surface area (Å²) in [6, 6.07) is 10.2. The van der Waals surface area contributed by atoms with E-state index in [0.29, 0.717) is 30.3 Å². The van der Waals surface area contributed by atoms with Gasteiger partial charge in [0, 0.05) is 24.9 Å². The van der Waals surface area contributed by atoms with Gasteiger partial charge in [-0.05, 0) is 36.4 Å². The Morgan fingerprint density at radius 2 is 1.89 bits per heavy atom. The van der Waals surface area contributed by atoms with Gasteiger partial charge in [-0.25, -0.2) is 4.39 Å². The lowest BCUT2D eigenvalue weighted by Crippen LogP contribution is -2.30. The van der Waals surface area contributed by atoms with Gasteiger partial charge in [0.2, 0.25) is 5.91 Å². The lowest BCUT2D eigenvalue weighted by Gasteiger charge is -2.13. The molecule has 0 spiro atoms. The van der Waals surface area contributed by atoms with Gasteiger partial charge in [0.25, 0.3) is 5.91 Å². The molecule has 0 aliphatic heterocycles. The van der Waals surface area contributed by atoms with Crippen molar-refractivity contribution >= 4 is 23.2 Å². The zero-order valence-corrected chi connectivity index (χ0v) is 15.2. The molecule has 0 aliphatic carbocycles. The summed E-state index contributed by atoms with van der Waals surface area (Å²) in [5.74, 6) is -0.816. The van der Waals surface area contributed by atoms with E-state index in [1.165, 1.54) is 25.3 Å². The monoisotopic (exact) mass is 375 g/mol. The van der Waals surface area contributed by atoms with Crippen LogP contribution in [0.15, 0.2) is 42.5 Å². The van der Waals surface area contributed by atoms with E-state index in [4.69, 9.17) is 9.47 Å². The Labute approximate surface area is 156 Å². The van der Waals surface area contributed by atoms with Crippen LogP contribution in [-0.2, 0) is 9.53 Å². The van der Waals surface area contributed by atoms with Gasteiger partial charge in [0.15, 0.2) is 0 Å². The van der Waals surface area contributed by atoms with E-state index in [1.807, 2.05) is 0 Å². The molecule has 0 aromatic heterocycles. The van der Waals surface area contributed by atoms with Crippen LogP contribution in [0.5, 0.6) is 5.75 Å². The Hall–Kier alpha value is -2.97. The van der Waals surface area contributed by atoms with Crippen molar-refractivity contribution in [3.8, 4) is 5.75 Å². The average molecular weight is 375 g/mol. The van der Waals surface area contributed by atoms with E-state index >= 15 is 0 Å². The third-order valence-corrected chi connectivity index (χ3v) is 3.59. The van der Waals surface area contributed by atoms with Gasteiger partial charge in [0.05, 0.1) is 25.9 Å². The van der Waals surface area contributed by atoms with Crippen molar-refractivity contribution < 1.29 is 23.5 Å². The maximum atomic E-state index is 13.3. The van der Waals surface area contributed by atoms with Crippen LogP contribution in [0.2, 0.25) is 0 Å². The first-order chi connectivity index (χ1) is 13.0. The molecule has 2 amide bonds. The minimum absolute atomic E-state index is 0.125. The maximum absolute atomic E-state index is 13.3. The molecule has 27 heavy (non-hydrogen) atoms. The summed E-state index contributed by atoms with van der Waals surface area (Å²) in [6.45, 7) is 1.19. The van der Waals surface area contributed by atoms with Crippen molar-refractivity contribution in [1.82, 2.24) is 5.32 Å². The molecule has 144 valence electrons. The van der Waals surface area contributed by atoms with Crippen molar-refractivity contribution in [1.29, 1.82) is 0 Å². The zero-order valence-electron chi connectivity index (χ0n) is 15.2. The van der Waals surface area contributed by atoms with E-state index in [9.17, 15) is 14.0 Å².